The number of carbonyl (C=O) groups is 1. The second-order valence-electron chi connectivity index (χ2n) is 10.5. The van der Waals surface area contributed by atoms with Gasteiger partial charge >= 0.3 is 0 Å². The van der Waals surface area contributed by atoms with Crippen molar-refractivity contribution in [2.24, 2.45) is 0 Å². The number of hydrogen-bond acceptors (Lipinski definition) is 5. The van der Waals surface area contributed by atoms with Crippen molar-refractivity contribution in [3.8, 4) is 0 Å². The molecule has 3 aromatic carbocycles. The SMILES string of the molecule is O=C(NC(Cc1nnc2n(Cc3ccccc3)c(=O)c3c4c(sc3n12)CCCC4)c1ccccc1)c1ccccc1. The largest absolute Gasteiger partial charge is 0.345 e. The number of nitrogens with zero attached hydrogens (tertiary/aromatic N) is 4. The molecule has 0 radical (unpaired) electrons. The number of carbonyl (C=O) groups excluding carboxylic acids is 1. The van der Waals surface area contributed by atoms with Gasteiger partial charge in [-0.25, -0.2) is 0 Å². The molecule has 1 atom stereocenters. The van der Waals surface area contributed by atoms with E-state index in [0.717, 1.165) is 47.0 Å². The quantitative estimate of drug-likeness (QED) is 0.270. The van der Waals surface area contributed by atoms with E-state index in [2.05, 4.69) is 19.9 Å². The minimum absolute atomic E-state index is 0.00769. The first-order valence-corrected chi connectivity index (χ1v) is 14.8. The average Bonchev–Trinajstić information content (AvgIpc) is 3.62. The minimum atomic E-state index is -0.338. The number of hydrogen-bond donors (Lipinski definition) is 1. The Hall–Kier alpha value is -4.56. The molecule has 7 rings (SSSR count). The van der Waals surface area contributed by atoms with Crippen molar-refractivity contribution in [3.05, 3.63) is 134 Å². The molecular weight excluding hydrogens is 530 g/mol. The lowest BCUT2D eigenvalue weighted by Gasteiger charge is -2.19. The Kier molecular flexibility index (Phi) is 6.68. The molecule has 1 unspecified atom stereocenters. The van der Waals surface area contributed by atoms with Crippen molar-refractivity contribution in [2.45, 2.75) is 44.7 Å². The third-order valence-corrected chi connectivity index (χ3v) is 9.16. The molecule has 41 heavy (non-hydrogen) atoms. The maximum atomic E-state index is 14.1. The molecule has 0 fully saturated rings. The van der Waals surface area contributed by atoms with Gasteiger partial charge in [0.2, 0.25) is 5.78 Å². The molecule has 1 aliphatic carbocycles. The van der Waals surface area contributed by atoms with E-state index in [4.69, 9.17) is 0 Å². The number of fused-ring (bicyclic) bond motifs is 5. The molecular formula is C33H29N5O2S. The third kappa shape index (κ3) is 4.74. The Morgan fingerprint density at radius 1 is 0.878 bits per heavy atom. The molecule has 6 aromatic rings. The minimum Gasteiger partial charge on any atom is -0.345 e. The highest BCUT2D eigenvalue weighted by Crippen LogP contribution is 2.36. The zero-order chi connectivity index (χ0) is 27.8. The van der Waals surface area contributed by atoms with E-state index in [1.165, 1.54) is 10.4 Å². The van der Waals surface area contributed by atoms with Crippen molar-refractivity contribution in [1.29, 1.82) is 0 Å². The van der Waals surface area contributed by atoms with Crippen LogP contribution in [0.4, 0.5) is 0 Å². The monoisotopic (exact) mass is 559 g/mol. The van der Waals surface area contributed by atoms with Gasteiger partial charge in [-0.15, -0.1) is 21.5 Å². The molecule has 1 N–H and O–H groups in total. The highest BCUT2D eigenvalue weighted by atomic mass is 32.1. The molecule has 1 aliphatic rings. The van der Waals surface area contributed by atoms with Crippen LogP contribution in [0.1, 0.15) is 56.6 Å². The van der Waals surface area contributed by atoms with Crippen LogP contribution in [0, 0.1) is 0 Å². The summed E-state index contributed by atoms with van der Waals surface area (Å²) in [6.07, 6.45) is 4.55. The van der Waals surface area contributed by atoms with E-state index >= 15 is 0 Å². The molecule has 0 saturated heterocycles. The van der Waals surface area contributed by atoms with Gasteiger partial charge in [0.05, 0.1) is 18.0 Å². The normalized spacial score (nSPS) is 13.8. The van der Waals surface area contributed by atoms with E-state index in [9.17, 15) is 9.59 Å². The molecule has 8 heteroatoms. The second-order valence-corrected chi connectivity index (χ2v) is 11.6. The number of rotatable bonds is 7. The number of benzene rings is 3. The van der Waals surface area contributed by atoms with Crippen molar-refractivity contribution in [3.63, 3.8) is 0 Å². The molecule has 7 nitrogen and oxygen atoms in total. The summed E-state index contributed by atoms with van der Waals surface area (Å²) in [5.41, 5.74) is 3.78. The fraction of sp³-hybridized carbons (Fsp3) is 0.212. The summed E-state index contributed by atoms with van der Waals surface area (Å²) in [5, 5.41) is 13.3. The molecule has 0 saturated carbocycles. The van der Waals surface area contributed by atoms with Crippen molar-refractivity contribution >= 4 is 33.2 Å². The lowest BCUT2D eigenvalue weighted by molar-refractivity contribution is 0.0936. The van der Waals surface area contributed by atoms with Crippen LogP contribution in [0.2, 0.25) is 0 Å². The summed E-state index contributed by atoms with van der Waals surface area (Å²) in [4.78, 5) is 29.5. The van der Waals surface area contributed by atoms with Crippen LogP contribution in [0.15, 0.2) is 95.8 Å². The first-order chi connectivity index (χ1) is 20.2. The number of nitrogens with one attached hydrogen (secondary N) is 1. The van der Waals surface area contributed by atoms with Crippen molar-refractivity contribution in [2.75, 3.05) is 0 Å². The topological polar surface area (TPSA) is 81.3 Å². The van der Waals surface area contributed by atoms with E-state index < -0.39 is 0 Å². The molecule has 204 valence electrons. The maximum absolute atomic E-state index is 14.1. The molecule has 3 heterocycles. The summed E-state index contributed by atoms with van der Waals surface area (Å²) in [5.74, 6) is 1.10. The first kappa shape index (κ1) is 25.4. The Morgan fingerprint density at radius 2 is 1.56 bits per heavy atom. The van der Waals surface area contributed by atoms with Crippen LogP contribution in [0.5, 0.6) is 0 Å². The average molecular weight is 560 g/mol. The molecule has 3 aromatic heterocycles. The maximum Gasteiger partial charge on any atom is 0.264 e. The fourth-order valence-electron chi connectivity index (χ4n) is 5.84. The number of aromatic nitrogens is 4. The van der Waals surface area contributed by atoms with E-state index in [0.29, 0.717) is 30.1 Å². The summed E-state index contributed by atoms with van der Waals surface area (Å²) in [6, 6.07) is 28.8. The summed E-state index contributed by atoms with van der Waals surface area (Å²) in [6.45, 7) is 0.411. The highest BCUT2D eigenvalue weighted by Gasteiger charge is 2.26. The van der Waals surface area contributed by atoms with Crippen LogP contribution < -0.4 is 10.9 Å². The van der Waals surface area contributed by atoms with Gasteiger partial charge in [-0.3, -0.25) is 18.6 Å². The Balaban J connectivity index is 1.38. The van der Waals surface area contributed by atoms with Gasteiger partial charge in [-0.1, -0.05) is 78.9 Å². The molecule has 0 spiro atoms. The van der Waals surface area contributed by atoms with Crippen LogP contribution >= 0.6 is 11.3 Å². The van der Waals surface area contributed by atoms with Crippen LogP contribution in [0.25, 0.3) is 16.0 Å². The molecule has 1 amide bonds. The fourth-order valence-corrected chi connectivity index (χ4v) is 7.24. The predicted octanol–water partition coefficient (Wildman–Crippen LogP) is 5.75. The lowest BCUT2D eigenvalue weighted by atomic mass is 9.97. The highest BCUT2D eigenvalue weighted by molar-refractivity contribution is 7.18. The van der Waals surface area contributed by atoms with E-state index in [1.54, 1.807) is 15.9 Å². The van der Waals surface area contributed by atoms with Gasteiger partial charge < -0.3 is 5.32 Å². The Labute approximate surface area is 241 Å². The van der Waals surface area contributed by atoms with Gasteiger partial charge in [-0.2, -0.15) is 0 Å². The number of thiophene rings is 1. The predicted molar refractivity (Wildman–Crippen MR) is 162 cm³/mol. The third-order valence-electron chi connectivity index (χ3n) is 7.88. The smallest absolute Gasteiger partial charge is 0.264 e. The zero-order valence-electron chi connectivity index (χ0n) is 22.5. The summed E-state index contributed by atoms with van der Waals surface area (Å²) < 4.78 is 3.82. The summed E-state index contributed by atoms with van der Waals surface area (Å²) in [7, 11) is 0. The zero-order valence-corrected chi connectivity index (χ0v) is 23.3. The molecule has 0 bridgehead atoms. The van der Waals surface area contributed by atoms with Crippen LogP contribution in [-0.2, 0) is 25.8 Å². The Bertz CT molecular complexity index is 1910. The Morgan fingerprint density at radius 3 is 2.32 bits per heavy atom. The summed E-state index contributed by atoms with van der Waals surface area (Å²) >= 11 is 1.69. The lowest BCUT2D eigenvalue weighted by Crippen LogP contribution is -2.30. The van der Waals surface area contributed by atoms with Gasteiger partial charge in [-0.05, 0) is 54.5 Å². The van der Waals surface area contributed by atoms with Gasteiger partial charge in [0, 0.05) is 16.9 Å². The molecule has 0 aliphatic heterocycles. The number of aryl methyl sites for hydroxylation is 2. The second kappa shape index (κ2) is 10.8. The van der Waals surface area contributed by atoms with Crippen molar-refractivity contribution in [1.82, 2.24) is 24.5 Å². The van der Waals surface area contributed by atoms with Crippen LogP contribution in [0.3, 0.4) is 0 Å². The van der Waals surface area contributed by atoms with Gasteiger partial charge in [0.1, 0.15) is 10.7 Å². The van der Waals surface area contributed by atoms with Crippen molar-refractivity contribution < 1.29 is 4.79 Å². The van der Waals surface area contributed by atoms with Crippen LogP contribution in [-0.4, -0.2) is 25.1 Å². The van der Waals surface area contributed by atoms with Gasteiger partial charge in [0.25, 0.3) is 11.5 Å². The van der Waals surface area contributed by atoms with E-state index in [1.807, 2.05) is 91.0 Å². The first-order valence-electron chi connectivity index (χ1n) is 14.0. The standard InChI is InChI=1S/C33H29N5O2S/c39-30(24-16-8-3-9-17-24)34-26(23-14-6-2-7-15-23)20-28-35-36-33-37(21-22-12-4-1-5-13-22)31(40)29-25-18-10-11-19-27(25)41-32(29)38(28)33/h1-9,12-17,26H,10-11,18-21H2,(H,34,39). The van der Waals surface area contributed by atoms with Gasteiger partial charge in [0.15, 0.2) is 0 Å². The number of amides is 1. The van der Waals surface area contributed by atoms with E-state index in [-0.39, 0.29) is 17.5 Å².